The number of carbonyl (C=O) groups is 3. The van der Waals surface area contributed by atoms with Gasteiger partial charge in [-0.15, -0.1) is 0 Å². The van der Waals surface area contributed by atoms with Crippen LogP contribution in [0.15, 0.2) is 22.9 Å². The zero-order chi connectivity index (χ0) is 15.9. The van der Waals surface area contributed by atoms with Gasteiger partial charge in [-0.3, -0.25) is 4.79 Å². The molecule has 1 N–H and O–H groups in total. The largest absolute Gasteiger partial charge is 0.466 e. The molecular formula is C13H20N2O5. The molecule has 0 aromatic heterocycles. The fourth-order valence-corrected chi connectivity index (χ4v) is 1.57. The van der Waals surface area contributed by atoms with Crippen molar-refractivity contribution < 1.29 is 23.9 Å². The van der Waals surface area contributed by atoms with Crippen molar-refractivity contribution in [3.05, 3.63) is 22.9 Å². The third-order valence-electron chi connectivity index (χ3n) is 2.26. The summed E-state index contributed by atoms with van der Waals surface area (Å²) in [5.74, 6) is -1.92. The van der Waals surface area contributed by atoms with E-state index in [-0.39, 0.29) is 16.9 Å². The number of ketones is 1. The van der Waals surface area contributed by atoms with E-state index in [9.17, 15) is 14.4 Å². The molecule has 0 rings (SSSR count). The number of esters is 2. The van der Waals surface area contributed by atoms with Crippen LogP contribution in [0.1, 0.15) is 13.8 Å². The minimum atomic E-state index is -0.791. The summed E-state index contributed by atoms with van der Waals surface area (Å²) in [6, 6.07) is 0. The Morgan fingerprint density at radius 2 is 1.60 bits per heavy atom. The van der Waals surface area contributed by atoms with Crippen molar-refractivity contribution in [2.24, 2.45) is 0 Å². The van der Waals surface area contributed by atoms with E-state index in [4.69, 9.17) is 0 Å². The molecule has 0 heterocycles. The highest BCUT2D eigenvalue weighted by molar-refractivity contribution is 6.12. The number of hydrogen-bond acceptors (Lipinski definition) is 7. The molecule has 0 saturated heterocycles. The molecule has 0 saturated carbocycles. The van der Waals surface area contributed by atoms with Gasteiger partial charge in [0.1, 0.15) is 0 Å². The number of allylic oxidation sites excluding steroid dienone is 1. The molecule has 0 radical (unpaired) electrons. The predicted octanol–water partition coefficient (Wildman–Crippen LogP) is 0.188. The van der Waals surface area contributed by atoms with Crippen molar-refractivity contribution in [1.29, 1.82) is 0 Å². The molecule has 7 nitrogen and oxygen atoms in total. The van der Waals surface area contributed by atoms with Crippen molar-refractivity contribution in [3.8, 4) is 0 Å². The normalized spacial score (nSPS) is 12.7. The Kier molecular flexibility index (Phi) is 7.24. The average Bonchev–Trinajstić information content (AvgIpc) is 2.35. The third kappa shape index (κ3) is 5.23. The van der Waals surface area contributed by atoms with E-state index in [1.54, 1.807) is 26.0 Å². The SMILES string of the molecule is COC(=O)/C=C(C(=O)OC)\C(C(C)=O)=C(/C)NN(C)C. The molecule has 0 unspecified atom stereocenters. The quantitative estimate of drug-likeness (QED) is 0.322. The maximum Gasteiger partial charge on any atom is 0.338 e. The molecule has 0 aromatic carbocycles. The molecular weight excluding hydrogens is 264 g/mol. The third-order valence-corrected chi connectivity index (χ3v) is 2.26. The summed E-state index contributed by atoms with van der Waals surface area (Å²) in [5, 5.41) is 1.60. The molecule has 7 heteroatoms. The molecule has 0 bridgehead atoms. The first-order chi connectivity index (χ1) is 9.24. The number of carbonyl (C=O) groups excluding carboxylic acids is 3. The predicted molar refractivity (Wildman–Crippen MR) is 72.3 cm³/mol. The molecule has 0 aliphatic rings. The van der Waals surface area contributed by atoms with Gasteiger partial charge in [-0.05, 0) is 13.8 Å². The molecule has 0 aliphatic heterocycles. The zero-order valence-corrected chi connectivity index (χ0v) is 12.6. The summed E-state index contributed by atoms with van der Waals surface area (Å²) < 4.78 is 9.08. The van der Waals surface area contributed by atoms with Crippen LogP contribution in [0.25, 0.3) is 0 Å². The average molecular weight is 284 g/mol. The molecule has 20 heavy (non-hydrogen) atoms. The molecule has 112 valence electrons. The zero-order valence-electron chi connectivity index (χ0n) is 12.6. The summed E-state index contributed by atoms with van der Waals surface area (Å²) in [6.07, 6.45) is 0.934. The lowest BCUT2D eigenvalue weighted by atomic mass is 10.00. The highest BCUT2D eigenvalue weighted by Crippen LogP contribution is 2.17. The Bertz CT molecular complexity index is 463. The fraction of sp³-hybridized carbons (Fsp3) is 0.462. The smallest absolute Gasteiger partial charge is 0.338 e. The van der Waals surface area contributed by atoms with Crippen LogP contribution >= 0.6 is 0 Å². The Morgan fingerprint density at radius 3 is 1.95 bits per heavy atom. The van der Waals surface area contributed by atoms with E-state index in [2.05, 4.69) is 14.9 Å². The van der Waals surface area contributed by atoms with E-state index in [1.807, 2.05) is 0 Å². The van der Waals surface area contributed by atoms with Crippen molar-refractivity contribution in [2.75, 3.05) is 28.3 Å². The first-order valence-corrected chi connectivity index (χ1v) is 5.78. The van der Waals surface area contributed by atoms with Gasteiger partial charge in [0.15, 0.2) is 5.78 Å². The second-order valence-electron chi connectivity index (χ2n) is 4.14. The van der Waals surface area contributed by atoms with E-state index < -0.39 is 11.9 Å². The molecule has 0 amide bonds. The van der Waals surface area contributed by atoms with E-state index in [1.165, 1.54) is 21.1 Å². The van der Waals surface area contributed by atoms with Gasteiger partial charge in [0.25, 0.3) is 0 Å². The molecule has 0 aliphatic carbocycles. The van der Waals surface area contributed by atoms with Gasteiger partial charge in [0.2, 0.25) is 0 Å². The topological polar surface area (TPSA) is 84.9 Å². The number of Topliss-reactive ketones (excluding diaryl/α,β-unsaturated/α-hetero) is 1. The van der Waals surface area contributed by atoms with E-state index in [0.29, 0.717) is 5.70 Å². The summed E-state index contributed by atoms with van der Waals surface area (Å²) in [5.41, 5.74) is 3.20. The standard InChI is InChI=1S/C13H20N2O5/c1-8(14-15(3)4)12(9(2)16)10(13(18)20-6)7-11(17)19-5/h7,14H,1-6H3/b10-7+,12-8+. The number of nitrogens with zero attached hydrogens (tertiary/aromatic N) is 1. The minimum Gasteiger partial charge on any atom is -0.466 e. The van der Waals surface area contributed by atoms with Crippen molar-refractivity contribution in [3.63, 3.8) is 0 Å². The van der Waals surface area contributed by atoms with Gasteiger partial charge in [0, 0.05) is 25.9 Å². The van der Waals surface area contributed by atoms with Crippen LogP contribution in [0.4, 0.5) is 0 Å². The number of hydrazine groups is 1. The number of nitrogens with one attached hydrogen (secondary N) is 1. The van der Waals surface area contributed by atoms with Gasteiger partial charge < -0.3 is 14.9 Å². The van der Waals surface area contributed by atoms with Gasteiger partial charge >= 0.3 is 11.9 Å². The summed E-state index contributed by atoms with van der Waals surface area (Å²) in [7, 11) is 5.79. The minimum absolute atomic E-state index is 0.0657. The lowest BCUT2D eigenvalue weighted by Crippen LogP contribution is -2.31. The van der Waals surface area contributed by atoms with Gasteiger partial charge in [0.05, 0.1) is 25.4 Å². The first kappa shape index (κ1) is 17.8. The van der Waals surface area contributed by atoms with E-state index in [0.717, 1.165) is 6.08 Å². The second-order valence-corrected chi connectivity index (χ2v) is 4.14. The lowest BCUT2D eigenvalue weighted by Gasteiger charge is -2.18. The number of hydrogen-bond donors (Lipinski definition) is 1. The Hall–Kier alpha value is -2.15. The fourth-order valence-electron chi connectivity index (χ4n) is 1.57. The molecule has 0 fully saturated rings. The second kappa shape index (κ2) is 8.11. The summed E-state index contributed by atoms with van der Waals surface area (Å²) in [6.45, 7) is 2.91. The van der Waals surface area contributed by atoms with Crippen LogP contribution in [0.5, 0.6) is 0 Å². The van der Waals surface area contributed by atoms with Crippen LogP contribution in [0.3, 0.4) is 0 Å². The van der Waals surface area contributed by atoms with Crippen LogP contribution in [0.2, 0.25) is 0 Å². The highest BCUT2D eigenvalue weighted by Gasteiger charge is 2.23. The lowest BCUT2D eigenvalue weighted by molar-refractivity contribution is -0.138. The molecule has 0 aromatic rings. The van der Waals surface area contributed by atoms with Crippen LogP contribution in [-0.4, -0.2) is 51.0 Å². The molecule has 0 atom stereocenters. The van der Waals surface area contributed by atoms with Crippen LogP contribution in [0, 0.1) is 0 Å². The maximum atomic E-state index is 11.8. The van der Waals surface area contributed by atoms with Crippen molar-refractivity contribution in [2.45, 2.75) is 13.8 Å². The van der Waals surface area contributed by atoms with Crippen molar-refractivity contribution in [1.82, 2.24) is 10.4 Å². The summed E-state index contributed by atoms with van der Waals surface area (Å²) >= 11 is 0. The molecule has 0 spiro atoms. The Morgan fingerprint density at radius 1 is 1.05 bits per heavy atom. The van der Waals surface area contributed by atoms with Gasteiger partial charge in [-0.2, -0.15) is 0 Å². The van der Waals surface area contributed by atoms with E-state index >= 15 is 0 Å². The first-order valence-electron chi connectivity index (χ1n) is 5.78. The number of methoxy groups -OCH3 is 2. The Labute approximate surface area is 118 Å². The summed E-state index contributed by atoms with van der Waals surface area (Å²) in [4.78, 5) is 34.9. The van der Waals surface area contributed by atoms with Gasteiger partial charge in [-0.25, -0.2) is 14.6 Å². The Balaban J connectivity index is 5.93. The van der Waals surface area contributed by atoms with Crippen molar-refractivity contribution >= 4 is 17.7 Å². The number of rotatable bonds is 6. The van der Waals surface area contributed by atoms with Crippen LogP contribution < -0.4 is 5.43 Å². The highest BCUT2D eigenvalue weighted by atomic mass is 16.5. The maximum absolute atomic E-state index is 11.8. The van der Waals surface area contributed by atoms with Crippen LogP contribution in [-0.2, 0) is 23.9 Å². The monoisotopic (exact) mass is 284 g/mol. The number of ether oxygens (including phenoxy) is 2. The van der Waals surface area contributed by atoms with Gasteiger partial charge in [-0.1, -0.05) is 0 Å².